The second kappa shape index (κ2) is 6.03. The zero-order chi connectivity index (χ0) is 12.4. The van der Waals surface area contributed by atoms with E-state index in [4.69, 9.17) is 5.11 Å². The Morgan fingerprint density at radius 1 is 1.35 bits per heavy atom. The molecule has 1 fully saturated rings. The number of likely N-dealkylation sites (tertiary alicyclic amines) is 1. The number of aromatic hydroxyl groups is 1. The lowest BCUT2D eigenvalue weighted by Gasteiger charge is -2.17. The molecule has 1 heterocycles. The van der Waals surface area contributed by atoms with Gasteiger partial charge in [0.25, 0.3) is 0 Å². The van der Waals surface area contributed by atoms with Gasteiger partial charge >= 0.3 is 0 Å². The van der Waals surface area contributed by atoms with Crippen molar-refractivity contribution in [3.05, 3.63) is 24.8 Å². The molecule has 1 aliphatic rings. The maximum absolute atomic E-state index is 10.0. The van der Waals surface area contributed by atoms with Crippen molar-refractivity contribution < 1.29 is 10.2 Å². The summed E-state index contributed by atoms with van der Waals surface area (Å²) in [6, 6.07) is 4.00. The molecule has 1 saturated heterocycles. The number of halogens is 2. The minimum atomic E-state index is 0.270. The lowest BCUT2D eigenvalue weighted by molar-refractivity contribution is 0.219. The van der Waals surface area contributed by atoms with Crippen LogP contribution in [0.2, 0.25) is 0 Å². The molecule has 2 N–H and O–H groups in total. The Kier molecular flexibility index (Phi) is 4.90. The molecule has 0 radical (unpaired) electrons. The summed E-state index contributed by atoms with van der Waals surface area (Å²) < 4.78 is 2.06. The van der Waals surface area contributed by atoms with Crippen molar-refractivity contribution in [2.24, 2.45) is 5.92 Å². The van der Waals surface area contributed by atoms with Crippen molar-refractivity contribution >= 4 is 45.2 Å². The normalized spacial score (nSPS) is 21.0. The number of rotatable bonds is 3. The van der Waals surface area contributed by atoms with Crippen LogP contribution in [0.5, 0.6) is 5.75 Å². The maximum Gasteiger partial charge on any atom is 0.133 e. The first-order chi connectivity index (χ1) is 8.10. The molecule has 0 spiro atoms. The number of hydrogen-bond donors (Lipinski definition) is 2. The third kappa shape index (κ3) is 3.45. The van der Waals surface area contributed by atoms with Crippen LogP contribution >= 0.6 is 45.2 Å². The fourth-order valence-electron chi connectivity index (χ4n) is 2.19. The second-order valence-corrected chi connectivity index (χ2v) is 6.88. The topological polar surface area (TPSA) is 43.7 Å². The summed E-state index contributed by atoms with van der Waals surface area (Å²) in [4.78, 5) is 2.29. The Morgan fingerprint density at radius 3 is 2.76 bits per heavy atom. The van der Waals surface area contributed by atoms with Gasteiger partial charge in [-0.25, -0.2) is 0 Å². The standard InChI is InChI=1S/C12H15I2NO2/c13-10-3-9(12(17)11(14)4-10)6-15-2-1-8(5-15)7-16/h3-4,8,16-17H,1-2,5-7H2. The summed E-state index contributed by atoms with van der Waals surface area (Å²) in [5, 5.41) is 19.1. The third-order valence-corrected chi connectivity index (χ3v) is 4.57. The van der Waals surface area contributed by atoms with Crippen molar-refractivity contribution in [1.82, 2.24) is 4.90 Å². The van der Waals surface area contributed by atoms with E-state index in [9.17, 15) is 5.11 Å². The molecular weight excluding hydrogens is 444 g/mol. The first kappa shape index (κ1) is 13.8. The van der Waals surface area contributed by atoms with Gasteiger partial charge in [0.05, 0.1) is 3.57 Å². The monoisotopic (exact) mass is 459 g/mol. The van der Waals surface area contributed by atoms with Crippen LogP contribution in [0.15, 0.2) is 12.1 Å². The summed E-state index contributed by atoms with van der Waals surface area (Å²) in [6.45, 7) is 2.98. The Labute approximate surface area is 128 Å². The highest BCUT2D eigenvalue weighted by atomic mass is 127. The quantitative estimate of drug-likeness (QED) is 0.684. The first-order valence-corrected chi connectivity index (χ1v) is 7.76. The van der Waals surface area contributed by atoms with E-state index >= 15 is 0 Å². The number of hydrogen-bond acceptors (Lipinski definition) is 3. The smallest absolute Gasteiger partial charge is 0.133 e. The van der Waals surface area contributed by atoms with Crippen LogP contribution in [-0.2, 0) is 6.54 Å². The van der Waals surface area contributed by atoms with Gasteiger partial charge in [0.1, 0.15) is 5.75 Å². The van der Waals surface area contributed by atoms with Crippen molar-refractivity contribution in [3.63, 3.8) is 0 Å². The minimum Gasteiger partial charge on any atom is -0.507 e. The Bertz CT molecular complexity index is 412. The van der Waals surface area contributed by atoms with Crippen LogP contribution in [0.25, 0.3) is 0 Å². The summed E-state index contributed by atoms with van der Waals surface area (Å²) in [7, 11) is 0. The molecule has 2 rings (SSSR count). The lowest BCUT2D eigenvalue weighted by atomic mass is 10.1. The van der Waals surface area contributed by atoms with Gasteiger partial charge < -0.3 is 10.2 Å². The first-order valence-electron chi connectivity index (χ1n) is 5.60. The van der Waals surface area contributed by atoms with Crippen LogP contribution in [0, 0.1) is 13.1 Å². The molecule has 0 aliphatic carbocycles. The molecule has 0 aromatic heterocycles. The molecule has 0 saturated carbocycles. The number of benzene rings is 1. The SMILES string of the molecule is OCC1CCN(Cc2cc(I)cc(I)c2O)C1. The van der Waals surface area contributed by atoms with Gasteiger partial charge in [-0.2, -0.15) is 0 Å². The molecule has 5 heteroatoms. The molecule has 1 aromatic carbocycles. The number of phenols is 1. The van der Waals surface area contributed by atoms with Crippen molar-refractivity contribution in [2.75, 3.05) is 19.7 Å². The highest BCUT2D eigenvalue weighted by Crippen LogP contribution is 2.29. The van der Waals surface area contributed by atoms with E-state index in [-0.39, 0.29) is 6.61 Å². The molecule has 0 amide bonds. The van der Waals surface area contributed by atoms with E-state index in [0.717, 1.165) is 38.8 Å². The fourth-order valence-corrected chi connectivity index (χ4v) is 4.15. The van der Waals surface area contributed by atoms with Crippen molar-refractivity contribution in [2.45, 2.75) is 13.0 Å². The molecule has 1 aromatic rings. The Balaban J connectivity index is 2.09. The molecule has 0 bridgehead atoms. The van der Waals surface area contributed by atoms with Crippen molar-refractivity contribution in [3.8, 4) is 5.75 Å². The number of aliphatic hydroxyl groups excluding tert-OH is 1. The molecule has 1 atom stereocenters. The molecular formula is C12H15I2NO2. The maximum atomic E-state index is 10.0. The molecule has 1 unspecified atom stereocenters. The average Bonchev–Trinajstić information content (AvgIpc) is 2.73. The lowest BCUT2D eigenvalue weighted by Crippen LogP contribution is -2.21. The van der Waals surface area contributed by atoms with Crippen LogP contribution < -0.4 is 0 Å². The van der Waals surface area contributed by atoms with E-state index in [1.807, 2.05) is 12.1 Å². The van der Waals surface area contributed by atoms with Gasteiger partial charge in [-0.1, -0.05) is 0 Å². The van der Waals surface area contributed by atoms with Crippen LogP contribution in [0.3, 0.4) is 0 Å². The van der Waals surface area contributed by atoms with Gasteiger partial charge in [0, 0.05) is 28.8 Å². The third-order valence-electron chi connectivity index (χ3n) is 3.13. The van der Waals surface area contributed by atoms with E-state index in [2.05, 4.69) is 50.1 Å². The number of aliphatic hydroxyl groups is 1. The predicted octanol–water partition coefficient (Wildman–Crippen LogP) is 2.42. The van der Waals surface area contributed by atoms with Gasteiger partial charge in [-0.05, 0) is 76.2 Å². The van der Waals surface area contributed by atoms with Crippen LogP contribution in [-0.4, -0.2) is 34.8 Å². The molecule has 3 nitrogen and oxygen atoms in total. The van der Waals surface area contributed by atoms with E-state index < -0.39 is 0 Å². The number of nitrogens with zero attached hydrogens (tertiary/aromatic N) is 1. The summed E-state index contributed by atoms with van der Waals surface area (Å²) in [6.07, 6.45) is 1.05. The largest absolute Gasteiger partial charge is 0.507 e. The highest BCUT2D eigenvalue weighted by Gasteiger charge is 2.22. The van der Waals surface area contributed by atoms with Gasteiger partial charge in [0.2, 0.25) is 0 Å². The fraction of sp³-hybridized carbons (Fsp3) is 0.500. The zero-order valence-electron chi connectivity index (χ0n) is 9.37. The summed E-state index contributed by atoms with van der Waals surface area (Å²) in [5.41, 5.74) is 0.986. The molecule has 1 aliphatic heterocycles. The summed E-state index contributed by atoms with van der Waals surface area (Å²) >= 11 is 4.43. The van der Waals surface area contributed by atoms with Gasteiger partial charge in [-0.15, -0.1) is 0 Å². The Morgan fingerprint density at radius 2 is 2.12 bits per heavy atom. The number of phenolic OH excluding ortho intramolecular Hbond substituents is 1. The minimum absolute atomic E-state index is 0.270. The highest BCUT2D eigenvalue weighted by molar-refractivity contribution is 14.1. The van der Waals surface area contributed by atoms with Gasteiger partial charge in [-0.3, -0.25) is 4.90 Å². The van der Waals surface area contributed by atoms with E-state index in [1.54, 1.807) is 0 Å². The Hall–Kier alpha value is 0.400. The van der Waals surface area contributed by atoms with E-state index in [0.29, 0.717) is 11.7 Å². The predicted molar refractivity (Wildman–Crippen MR) is 84.0 cm³/mol. The average molecular weight is 459 g/mol. The summed E-state index contributed by atoms with van der Waals surface area (Å²) in [5.74, 6) is 0.803. The second-order valence-electron chi connectivity index (χ2n) is 4.47. The van der Waals surface area contributed by atoms with Crippen LogP contribution in [0.1, 0.15) is 12.0 Å². The molecule has 17 heavy (non-hydrogen) atoms. The molecule has 94 valence electrons. The van der Waals surface area contributed by atoms with E-state index in [1.165, 1.54) is 0 Å². The van der Waals surface area contributed by atoms with Crippen LogP contribution in [0.4, 0.5) is 0 Å². The van der Waals surface area contributed by atoms with Gasteiger partial charge in [0.15, 0.2) is 0 Å². The van der Waals surface area contributed by atoms with Crippen molar-refractivity contribution in [1.29, 1.82) is 0 Å². The zero-order valence-corrected chi connectivity index (χ0v) is 13.7.